The molecule has 7 nitrogen and oxygen atoms in total. The van der Waals surface area contributed by atoms with Crippen molar-refractivity contribution in [1.82, 2.24) is 15.1 Å². The molecule has 3 amide bonds. The summed E-state index contributed by atoms with van der Waals surface area (Å²) < 4.78 is 18.1. The predicted molar refractivity (Wildman–Crippen MR) is 105 cm³/mol. The summed E-state index contributed by atoms with van der Waals surface area (Å²) in [6.07, 6.45) is 0. The largest absolute Gasteiger partial charge is 0.378 e. The van der Waals surface area contributed by atoms with E-state index in [2.05, 4.69) is 5.32 Å². The van der Waals surface area contributed by atoms with Crippen molar-refractivity contribution < 1.29 is 23.5 Å². The normalized spacial score (nSPS) is 13.9. The number of nitrogens with zero attached hydrogens (tertiary/aromatic N) is 2. The summed E-state index contributed by atoms with van der Waals surface area (Å²) in [6, 6.07) is 5.86. The van der Waals surface area contributed by atoms with Crippen molar-refractivity contribution in [1.29, 1.82) is 0 Å². The van der Waals surface area contributed by atoms with E-state index < -0.39 is 0 Å². The van der Waals surface area contributed by atoms with Gasteiger partial charge in [-0.3, -0.25) is 14.4 Å². The van der Waals surface area contributed by atoms with Crippen molar-refractivity contribution >= 4 is 29.5 Å². The van der Waals surface area contributed by atoms with Crippen LogP contribution in [0.15, 0.2) is 24.3 Å². The Hall–Kier alpha value is -2.13. The summed E-state index contributed by atoms with van der Waals surface area (Å²) in [5.74, 6) is -0.411. The fourth-order valence-electron chi connectivity index (χ4n) is 2.63. The Balaban J connectivity index is 1.68. The minimum atomic E-state index is -0.331. The Kier molecular flexibility index (Phi) is 9.22. The van der Waals surface area contributed by atoms with Crippen LogP contribution in [-0.4, -0.2) is 78.4 Å². The molecule has 0 radical (unpaired) electrons. The molecule has 1 aliphatic heterocycles. The molecule has 0 saturated carbocycles. The molecule has 1 aromatic carbocycles. The van der Waals surface area contributed by atoms with Gasteiger partial charge in [0, 0.05) is 26.2 Å². The quantitative estimate of drug-likeness (QED) is 0.653. The number of thioether (sulfide) groups is 1. The molecule has 0 aliphatic carbocycles. The second-order valence-corrected chi connectivity index (χ2v) is 7.28. The third-order valence-corrected chi connectivity index (χ3v) is 5.19. The lowest BCUT2D eigenvalue weighted by Gasteiger charge is -2.26. The third-order valence-electron chi connectivity index (χ3n) is 4.29. The number of likely N-dealkylation sites (N-methyl/N-ethyl adjacent to an activating group) is 1. The van der Waals surface area contributed by atoms with Crippen LogP contribution in [0.3, 0.4) is 0 Å². The van der Waals surface area contributed by atoms with Gasteiger partial charge >= 0.3 is 0 Å². The molecule has 1 aliphatic rings. The highest BCUT2D eigenvalue weighted by molar-refractivity contribution is 8.00. The van der Waals surface area contributed by atoms with Crippen LogP contribution < -0.4 is 5.32 Å². The summed E-state index contributed by atoms with van der Waals surface area (Å²) in [5.41, 5.74) is 0.779. The lowest BCUT2D eigenvalue weighted by Crippen LogP contribution is -2.42. The van der Waals surface area contributed by atoms with Gasteiger partial charge < -0.3 is 19.9 Å². The number of benzene rings is 1. The maximum Gasteiger partial charge on any atom is 0.239 e. The molecule has 1 N–H and O–H groups in total. The zero-order chi connectivity index (χ0) is 20.4. The molecule has 0 atom stereocenters. The highest BCUT2D eigenvalue weighted by atomic mass is 32.2. The zero-order valence-electron chi connectivity index (χ0n) is 16.0. The highest BCUT2D eigenvalue weighted by Gasteiger charge is 2.19. The van der Waals surface area contributed by atoms with Crippen LogP contribution in [0.1, 0.15) is 12.5 Å². The first kappa shape index (κ1) is 22.2. The van der Waals surface area contributed by atoms with E-state index in [0.29, 0.717) is 32.8 Å². The molecule has 1 fully saturated rings. The maximum absolute atomic E-state index is 12.9. The Bertz CT molecular complexity index is 666. The molecule has 0 bridgehead atoms. The van der Waals surface area contributed by atoms with Crippen molar-refractivity contribution in [3.8, 4) is 0 Å². The Labute approximate surface area is 168 Å². The number of hydrogen-bond acceptors (Lipinski definition) is 5. The van der Waals surface area contributed by atoms with Gasteiger partial charge in [0.1, 0.15) is 5.82 Å². The van der Waals surface area contributed by atoms with Crippen LogP contribution in [0, 0.1) is 5.82 Å². The summed E-state index contributed by atoms with van der Waals surface area (Å²) >= 11 is 1.26. The van der Waals surface area contributed by atoms with Gasteiger partial charge in [0.25, 0.3) is 0 Å². The Morgan fingerprint density at radius 2 is 1.86 bits per heavy atom. The summed E-state index contributed by atoms with van der Waals surface area (Å²) in [7, 11) is 0. The van der Waals surface area contributed by atoms with Gasteiger partial charge in [-0.25, -0.2) is 4.39 Å². The standard InChI is InChI=1S/C19H26FN3O4S/c1-2-22(12-17(24)21-11-15-3-5-16(20)6-4-15)18(25)13-28-14-19(26)23-7-9-27-10-8-23/h3-6H,2,7-14H2,1H3,(H,21,24). The topological polar surface area (TPSA) is 79.0 Å². The average Bonchev–Trinajstić information content (AvgIpc) is 2.72. The molecular weight excluding hydrogens is 385 g/mol. The van der Waals surface area contributed by atoms with Crippen LogP contribution in [0.25, 0.3) is 0 Å². The van der Waals surface area contributed by atoms with E-state index in [0.717, 1.165) is 5.56 Å². The minimum absolute atomic E-state index is 0.00110. The number of carbonyl (C=O) groups excluding carboxylic acids is 3. The van der Waals surface area contributed by atoms with Gasteiger partial charge in [-0.1, -0.05) is 12.1 Å². The van der Waals surface area contributed by atoms with Gasteiger partial charge in [-0.2, -0.15) is 0 Å². The molecule has 154 valence electrons. The SMILES string of the molecule is CCN(CC(=O)NCc1ccc(F)cc1)C(=O)CSCC(=O)N1CCOCC1. The van der Waals surface area contributed by atoms with Gasteiger partial charge in [-0.05, 0) is 24.6 Å². The van der Waals surface area contributed by atoms with Gasteiger partial charge in [-0.15, -0.1) is 11.8 Å². The number of rotatable bonds is 9. The predicted octanol–water partition coefficient (Wildman–Crippen LogP) is 0.882. The summed E-state index contributed by atoms with van der Waals surface area (Å²) in [6.45, 7) is 4.70. The zero-order valence-corrected chi connectivity index (χ0v) is 16.8. The van der Waals surface area contributed by atoms with E-state index in [9.17, 15) is 18.8 Å². The van der Waals surface area contributed by atoms with Crippen molar-refractivity contribution in [3.05, 3.63) is 35.6 Å². The lowest BCUT2D eigenvalue weighted by molar-refractivity contribution is -0.133. The fraction of sp³-hybridized carbons (Fsp3) is 0.526. The van der Waals surface area contributed by atoms with E-state index in [4.69, 9.17) is 4.74 Å². The summed E-state index contributed by atoms with van der Waals surface area (Å²) in [5, 5.41) is 2.72. The van der Waals surface area contributed by atoms with Crippen molar-refractivity contribution in [2.24, 2.45) is 0 Å². The number of morpholine rings is 1. The van der Waals surface area contributed by atoms with E-state index >= 15 is 0 Å². The smallest absolute Gasteiger partial charge is 0.239 e. The van der Waals surface area contributed by atoms with Crippen molar-refractivity contribution in [2.75, 3.05) is 50.9 Å². The van der Waals surface area contributed by atoms with E-state index in [1.807, 2.05) is 0 Å². The number of nitrogens with one attached hydrogen (secondary N) is 1. The number of carbonyl (C=O) groups is 3. The number of amides is 3. The van der Waals surface area contributed by atoms with Gasteiger partial charge in [0.15, 0.2) is 0 Å². The van der Waals surface area contributed by atoms with Crippen LogP contribution in [0.5, 0.6) is 0 Å². The van der Waals surface area contributed by atoms with E-state index in [-0.39, 0.29) is 48.1 Å². The minimum Gasteiger partial charge on any atom is -0.378 e. The molecule has 1 aromatic rings. The molecule has 0 unspecified atom stereocenters. The third kappa shape index (κ3) is 7.47. The van der Waals surface area contributed by atoms with E-state index in [1.54, 1.807) is 24.0 Å². The molecule has 0 aromatic heterocycles. The van der Waals surface area contributed by atoms with Crippen LogP contribution >= 0.6 is 11.8 Å². The first-order valence-corrected chi connectivity index (χ1v) is 10.4. The first-order valence-electron chi connectivity index (χ1n) is 9.21. The second kappa shape index (κ2) is 11.7. The van der Waals surface area contributed by atoms with Gasteiger partial charge in [0.05, 0.1) is 31.3 Å². The summed E-state index contributed by atoms with van der Waals surface area (Å²) in [4.78, 5) is 39.7. The Morgan fingerprint density at radius 3 is 2.50 bits per heavy atom. The highest BCUT2D eigenvalue weighted by Crippen LogP contribution is 2.07. The number of ether oxygens (including phenoxy) is 1. The lowest BCUT2D eigenvalue weighted by atomic mass is 10.2. The van der Waals surface area contributed by atoms with Crippen LogP contribution in [-0.2, 0) is 25.7 Å². The molecule has 1 saturated heterocycles. The molecule has 28 heavy (non-hydrogen) atoms. The van der Waals surface area contributed by atoms with Crippen molar-refractivity contribution in [3.63, 3.8) is 0 Å². The monoisotopic (exact) mass is 411 g/mol. The molecular formula is C19H26FN3O4S. The number of halogens is 1. The number of hydrogen-bond donors (Lipinski definition) is 1. The van der Waals surface area contributed by atoms with E-state index in [1.165, 1.54) is 28.8 Å². The molecule has 0 spiro atoms. The van der Waals surface area contributed by atoms with Crippen LogP contribution in [0.4, 0.5) is 4.39 Å². The van der Waals surface area contributed by atoms with Crippen LogP contribution in [0.2, 0.25) is 0 Å². The fourth-order valence-corrected chi connectivity index (χ4v) is 3.45. The first-order chi connectivity index (χ1) is 13.5. The van der Waals surface area contributed by atoms with Gasteiger partial charge in [0.2, 0.25) is 17.7 Å². The molecule has 1 heterocycles. The average molecular weight is 411 g/mol. The molecule has 2 rings (SSSR count). The van der Waals surface area contributed by atoms with Crippen molar-refractivity contribution in [2.45, 2.75) is 13.5 Å². The molecule has 9 heteroatoms. The Morgan fingerprint density at radius 1 is 1.18 bits per heavy atom. The second-order valence-electron chi connectivity index (χ2n) is 6.30. The maximum atomic E-state index is 12.9.